The van der Waals surface area contributed by atoms with Gasteiger partial charge in [-0.15, -0.1) is 0 Å². The molecule has 4 nitrogen and oxygen atoms in total. The maximum Gasteiger partial charge on any atom is 0.298 e. The number of hydrogen-bond donors (Lipinski definition) is 0. The Morgan fingerprint density at radius 3 is 2.08 bits per heavy atom. The van der Waals surface area contributed by atoms with Gasteiger partial charge in [-0.3, -0.25) is 9.59 Å². The van der Waals surface area contributed by atoms with Crippen LogP contribution in [-0.4, -0.2) is 47.8 Å². The van der Waals surface area contributed by atoms with Gasteiger partial charge in [0.15, 0.2) is 0 Å². The van der Waals surface area contributed by atoms with Gasteiger partial charge in [0.05, 0.1) is 0 Å². The largest absolute Gasteiger partial charge is 0.335 e. The average molecular weight is 336 g/mol. The van der Waals surface area contributed by atoms with Crippen molar-refractivity contribution < 1.29 is 14.0 Å². The number of rotatable bonds is 1. The van der Waals surface area contributed by atoms with Crippen molar-refractivity contribution >= 4 is 11.8 Å². The monoisotopic (exact) mass is 336 g/mol. The molecule has 1 aliphatic heterocycles. The highest BCUT2D eigenvalue weighted by molar-refractivity contribution is 5.95. The number of benzene rings is 2. The van der Waals surface area contributed by atoms with Crippen LogP contribution >= 0.6 is 0 Å². The van der Waals surface area contributed by atoms with Gasteiger partial charge >= 0.3 is 0 Å². The smallest absolute Gasteiger partial charge is 0.298 e. The van der Waals surface area contributed by atoms with E-state index in [0.29, 0.717) is 31.7 Å². The summed E-state index contributed by atoms with van der Waals surface area (Å²) in [4.78, 5) is 27.8. The minimum Gasteiger partial charge on any atom is -0.335 e. The molecule has 0 spiro atoms. The molecular formula is C20H17FN2O2. The molecule has 1 aliphatic rings. The lowest BCUT2D eigenvalue weighted by atomic mass is 10.1. The summed E-state index contributed by atoms with van der Waals surface area (Å²) in [7, 11) is 0. The number of carbonyl (C=O) groups excluding carboxylic acids is 2. The lowest BCUT2D eigenvalue weighted by Gasteiger charge is -2.33. The number of carbonyl (C=O) groups is 2. The highest BCUT2D eigenvalue weighted by Crippen LogP contribution is 2.10. The second-order valence-corrected chi connectivity index (χ2v) is 5.71. The molecule has 1 heterocycles. The van der Waals surface area contributed by atoms with Crippen molar-refractivity contribution in [2.75, 3.05) is 26.2 Å². The summed E-state index contributed by atoms with van der Waals surface area (Å²) in [5.41, 5.74) is 1.24. The van der Waals surface area contributed by atoms with Crippen LogP contribution in [0.1, 0.15) is 15.9 Å². The van der Waals surface area contributed by atoms with E-state index >= 15 is 0 Å². The Morgan fingerprint density at radius 1 is 0.840 bits per heavy atom. The first kappa shape index (κ1) is 16.7. The summed E-state index contributed by atoms with van der Waals surface area (Å²) in [6, 6.07) is 14.8. The second kappa shape index (κ2) is 7.63. The van der Waals surface area contributed by atoms with Crippen LogP contribution in [0.2, 0.25) is 0 Å². The van der Waals surface area contributed by atoms with E-state index in [4.69, 9.17) is 0 Å². The fourth-order valence-electron chi connectivity index (χ4n) is 2.61. The Hall–Kier alpha value is -3.13. The minimum absolute atomic E-state index is 0.150. The second-order valence-electron chi connectivity index (χ2n) is 5.71. The number of hydrogen-bond acceptors (Lipinski definition) is 2. The molecule has 2 aromatic rings. The lowest BCUT2D eigenvalue weighted by molar-refractivity contribution is -0.126. The molecule has 0 bridgehead atoms. The van der Waals surface area contributed by atoms with Crippen molar-refractivity contribution in [3.8, 4) is 11.8 Å². The van der Waals surface area contributed by atoms with Crippen LogP contribution in [0.4, 0.5) is 4.39 Å². The summed E-state index contributed by atoms with van der Waals surface area (Å²) in [5, 5.41) is 0. The Kier molecular flexibility index (Phi) is 5.10. The van der Waals surface area contributed by atoms with Crippen molar-refractivity contribution in [3.05, 3.63) is 71.5 Å². The van der Waals surface area contributed by atoms with Gasteiger partial charge < -0.3 is 9.80 Å². The van der Waals surface area contributed by atoms with Gasteiger partial charge in [0.25, 0.3) is 11.8 Å². The first-order valence-electron chi connectivity index (χ1n) is 8.04. The SMILES string of the molecule is O=C(C#Cc1ccccc1)N1CCN(C(=O)c2ccc(F)cc2)CC1. The van der Waals surface area contributed by atoms with Crippen LogP contribution in [0.5, 0.6) is 0 Å². The Balaban J connectivity index is 1.56. The Bertz CT molecular complexity index is 814. The summed E-state index contributed by atoms with van der Waals surface area (Å²) in [5.74, 6) is 4.73. The third-order valence-electron chi connectivity index (χ3n) is 4.03. The number of piperazine rings is 1. The molecule has 2 aromatic carbocycles. The van der Waals surface area contributed by atoms with E-state index in [9.17, 15) is 14.0 Å². The maximum absolute atomic E-state index is 12.9. The van der Waals surface area contributed by atoms with E-state index in [1.54, 1.807) is 9.80 Å². The summed E-state index contributed by atoms with van der Waals surface area (Å²) in [6.45, 7) is 1.76. The molecule has 0 unspecified atom stereocenters. The highest BCUT2D eigenvalue weighted by Gasteiger charge is 2.24. The van der Waals surface area contributed by atoms with Crippen LogP contribution in [-0.2, 0) is 4.79 Å². The van der Waals surface area contributed by atoms with Crippen molar-refractivity contribution in [2.45, 2.75) is 0 Å². The zero-order valence-electron chi connectivity index (χ0n) is 13.6. The van der Waals surface area contributed by atoms with Crippen LogP contribution < -0.4 is 0 Å². The van der Waals surface area contributed by atoms with Crippen molar-refractivity contribution in [1.29, 1.82) is 0 Å². The third kappa shape index (κ3) is 4.24. The zero-order valence-corrected chi connectivity index (χ0v) is 13.6. The van der Waals surface area contributed by atoms with Crippen molar-refractivity contribution in [2.24, 2.45) is 0 Å². The summed E-state index contributed by atoms with van der Waals surface area (Å²) >= 11 is 0. The van der Waals surface area contributed by atoms with E-state index in [1.807, 2.05) is 30.3 Å². The Labute approximate surface area is 145 Å². The Morgan fingerprint density at radius 2 is 1.44 bits per heavy atom. The number of amides is 2. The van der Waals surface area contributed by atoms with E-state index in [0.717, 1.165) is 5.56 Å². The molecule has 5 heteroatoms. The van der Waals surface area contributed by atoms with Gasteiger partial charge in [-0.25, -0.2) is 4.39 Å². The molecule has 1 fully saturated rings. The number of halogens is 1. The predicted octanol–water partition coefficient (Wildman–Crippen LogP) is 2.16. The molecule has 3 rings (SSSR count). The molecule has 126 valence electrons. The molecule has 0 aliphatic carbocycles. The molecular weight excluding hydrogens is 319 g/mol. The molecule has 25 heavy (non-hydrogen) atoms. The molecule has 0 saturated carbocycles. The fraction of sp³-hybridized carbons (Fsp3) is 0.200. The zero-order chi connectivity index (χ0) is 17.6. The number of nitrogens with zero attached hydrogens (tertiary/aromatic N) is 2. The van der Waals surface area contributed by atoms with Gasteiger partial charge in [0.2, 0.25) is 0 Å². The normalized spacial score (nSPS) is 13.8. The molecule has 0 N–H and O–H groups in total. The molecule has 2 amide bonds. The van der Waals surface area contributed by atoms with Gasteiger partial charge in [0, 0.05) is 43.2 Å². The van der Waals surface area contributed by atoms with Gasteiger partial charge in [0.1, 0.15) is 5.82 Å². The minimum atomic E-state index is -0.371. The highest BCUT2D eigenvalue weighted by atomic mass is 19.1. The fourth-order valence-corrected chi connectivity index (χ4v) is 2.61. The average Bonchev–Trinajstić information content (AvgIpc) is 2.67. The van der Waals surface area contributed by atoms with Crippen molar-refractivity contribution in [3.63, 3.8) is 0 Å². The van der Waals surface area contributed by atoms with Crippen LogP contribution in [0.15, 0.2) is 54.6 Å². The van der Waals surface area contributed by atoms with Gasteiger partial charge in [-0.05, 0) is 36.4 Å². The third-order valence-corrected chi connectivity index (χ3v) is 4.03. The molecule has 0 atom stereocenters. The molecule has 1 saturated heterocycles. The standard InChI is InChI=1S/C20H17FN2O2/c21-18-9-7-17(8-10-18)20(25)23-14-12-22(13-15-23)19(24)11-6-16-4-2-1-3-5-16/h1-5,7-10H,12-15H2. The van der Waals surface area contributed by atoms with Gasteiger partial charge in [-0.1, -0.05) is 24.1 Å². The molecule has 0 aromatic heterocycles. The van der Waals surface area contributed by atoms with Crippen molar-refractivity contribution in [1.82, 2.24) is 9.80 Å². The van der Waals surface area contributed by atoms with E-state index < -0.39 is 0 Å². The van der Waals surface area contributed by atoms with Crippen LogP contribution in [0, 0.1) is 17.7 Å². The summed E-state index contributed by atoms with van der Waals surface area (Å²) in [6.07, 6.45) is 0. The lowest BCUT2D eigenvalue weighted by Crippen LogP contribution is -2.50. The quantitative estimate of drug-likeness (QED) is 0.749. The van der Waals surface area contributed by atoms with Crippen LogP contribution in [0.3, 0.4) is 0 Å². The summed E-state index contributed by atoms with van der Waals surface area (Å²) < 4.78 is 12.9. The van der Waals surface area contributed by atoms with E-state index in [2.05, 4.69) is 11.8 Å². The van der Waals surface area contributed by atoms with E-state index in [-0.39, 0.29) is 17.6 Å². The molecule has 0 radical (unpaired) electrons. The first-order valence-corrected chi connectivity index (χ1v) is 8.04. The maximum atomic E-state index is 12.9. The topological polar surface area (TPSA) is 40.6 Å². The predicted molar refractivity (Wildman–Crippen MR) is 92.2 cm³/mol. The van der Waals surface area contributed by atoms with E-state index in [1.165, 1.54) is 24.3 Å². The van der Waals surface area contributed by atoms with Crippen LogP contribution in [0.25, 0.3) is 0 Å². The first-order chi connectivity index (χ1) is 12.1. The van der Waals surface area contributed by atoms with Gasteiger partial charge in [-0.2, -0.15) is 0 Å².